The van der Waals surface area contributed by atoms with Crippen LogP contribution in [0.25, 0.3) is 59.1 Å². The summed E-state index contributed by atoms with van der Waals surface area (Å²) in [7, 11) is -8.09. The molecule has 0 N–H and O–H groups in total. The van der Waals surface area contributed by atoms with E-state index in [4.69, 9.17) is 13.1 Å². The van der Waals surface area contributed by atoms with Crippen molar-refractivity contribution in [3.05, 3.63) is 156 Å². The van der Waals surface area contributed by atoms with E-state index in [1.54, 1.807) is 36.4 Å². The van der Waals surface area contributed by atoms with Gasteiger partial charge in [0, 0.05) is 26.6 Å². The molecule has 0 radical (unpaired) electrons. The first kappa shape index (κ1) is 31.9. The van der Waals surface area contributed by atoms with Crippen LogP contribution in [0.4, 0.5) is 0 Å². The number of benzene rings is 3. The number of hydrogen-bond acceptors (Lipinski definition) is 8. The Kier molecular flexibility index (Phi) is 7.28. The highest BCUT2D eigenvalue weighted by Gasteiger charge is 2.39. The van der Waals surface area contributed by atoms with Gasteiger partial charge in [-0.2, -0.15) is 0 Å². The van der Waals surface area contributed by atoms with Crippen molar-refractivity contribution in [2.45, 2.75) is 9.79 Å². The van der Waals surface area contributed by atoms with Gasteiger partial charge in [-0.05, 0) is 59.7 Å². The summed E-state index contributed by atoms with van der Waals surface area (Å²) in [6, 6.07) is 29.6. The number of nitriles is 2. The summed E-state index contributed by atoms with van der Waals surface area (Å²) < 4.78 is 58.8. The molecule has 0 atom stereocenters. The molecule has 0 amide bonds. The highest BCUT2D eigenvalue weighted by molar-refractivity contribution is 7.97. The predicted octanol–water partition coefficient (Wildman–Crippen LogP) is 8.87. The van der Waals surface area contributed by atoms with Crippen LogP contribution >= 0.6 is 22.7 Å². The maximum Gasteiger partial charge on any atom is 0.270 e. The molecule has 3 aromatic heterocycles. The Morgan fingerprint density at radius 3 is 1.47 bits per heavy atom. The third-order valence-corrected chi connectivity index (χ3v) is 14.6. The predicted molar refractivity (Wildman–Crippen MR) is 198 cm³/mol. The number of sulfone groups is 2. The number of nitrogens with zero attached hydrogens (tertiary/aromatic N) is 5. The van der Waals surface area contributed by atoms with Crippen molar-refractivity contribution in [1.82, 2.24) is 4.57 Å². The maximum absolute atomic E-state index is 13.8. The first-order chi connectivity index (χ1) is 24.6. The Morgan fingerprint density at radius 1 is 0.647 bits per heavy atom. The van der Waals surface area contributed by atoms with Crippen molar-refractivity contribution in [3.63, 3.8) is 0 Å². The standard InChI is InChI=1S/C38H17N5O4S4/c1-41-27(20-39)35-25-12-6-8-14-31(25)50(44,45)33(35)18-23-16-29-37(48-23)38-30(43(29)22-10-4-3-5-11-22)17-24(49-38)19-34-36(28(21-40)42-2)26-13-7-9-15-32(26)51(34,46)47/h3-19H/b33-18-,34-19-,35-27-,36-28+. The molecule has 2 aliphatic rings. The lowest BCUT2D eigenvalue weighted by Gasteiger charge is -2.05. The normalized spacial score (nSPS) is 18.9. The van der Waals surface area contributed by atoms with E-state index < -0.39 is 19.7 Å². The van der Waals surface area contributed by atoms with Crippen LogP contribution in [-0.2, 0) is 19.7 Å². The molecule has 2 aliphatic heterocycles. The summed E-state index contributed by atoms with van der Waals surface area (Å²) in [5.41, 5.74) is 2.49. The van der Waals surface area contributed by atoms with E-state index in [-0.39, 0.29) is 42.1 Å². The second-order valence-electron chi connectivity index (χ2n) is 11.3. The molecule has 0 unspecified atom stereocenters. The smallest absolute Gasteiger partial charge is 0.270 e. The van der Waals surface area contributed by atoms with E-state index in [2.05, 4.69) is 9.69 Å². The van der Waals surface area contributed by atoms with Gasteiger partial charge in [0.1, 0.15) is 0 Å². The quantitative estimate of drug-likeness (QED) is 0.132. The van der Waals surface area contributed by atoms with Gasteiger partial charge in [-0.15, -0.1) is 22.7 Å². The van der Waals surface area contributed by atoms with Crippen molar-refractivity contribution in [2.75, 3.05) is 0 Å². The fourth-order valence-electron chi connectivity index (χ4n) is 6.49. The molecule has 242 valence electrons. The van der Waals surface area contributed by atoms with Crippen LogP contribution in [0.15, 0.2) is 122 Å². The summed E-state index contributed by atoms with van der Waals surface area (Å²) in [6.45, 7) is 15.2. The lowest BCUT2D eigenvalue weighted by Crippen LogP contribution is -1.98. The summed E-state index contributed by atoms with van der Waals surface area (Å²) in [6.07, 6.45) is 3.01. The average Bonchev–Trinajstić information content (AvgIpc) is 3.90. The van der Waals surface area contributed by atoms with E-state index in [1.807, 2.05) is 59.2 Å². The van der Waals surface area contributed by atoms with Gasteiger partial charge in [0.05, 0.1) is 65.3 Å². The van der Waals surface area contributed by atoms with Gasteiger partial charge in [-0.1, -0.05) is 54.6 Å². The van der Waals surface area contributed by atoms with E-state index in [0.717, 1.165) is 26.1 Å². The third-order valence-electron chi connectivity index (χ3n) is 8.58. The fraction of sp³-hybridized carbons (Fsp3) is 0. The van der Waals surface area contributed by atoms with E-state index in [1.165, 1.54) is 47.0 Å². The monoisotopic (exact) mass is 735 g/mol. The third kappa shape index (κ3) is 4.65. The molecular formula is C38H17N5O4S4. The highest BCUT2D eigenvalue weighted by atomic mass is 32.2. The van der Waals surface area contributed by atoms with Crippen molar-refractivity contribution in [3.8, 4) is 17.8 Å². The van der Waals surface area contributed by atoms with Crippen LogP contribution in [0.3, 0.4) is 0 Å². The summed E-state index contributed by atoms with van der Waals surface area (Å²) >= 11 is 2.66. The molecule has 51 heavy (non-hydrogen) atoms. The second-order valence-corrected chi connectivity index (χ2v) is 17.2. The van der Waals surface area contributed by atoms with E-state index >= 15 is 0 Å². The van der Waals surface area contributed by atoms with Gasteiger partial charge in [0.2, 0.25) is 19.7 Å². The largest absolute Gasteiger partial charge is 0.307 e. The van der Waals surface area contributed by atoms with Crippen LogP contribution in [0, 0.1) is 35.8 Å². The fourth-order valence-corrected chi connectivity index (χ4v) is 12.4. The lowest BCUT2D eigenvalue weighted by atomic mass is 10.0. The molecule has 13 heteroatoms. The average molecular weight is 736 g/mol. The first-order valence-corrected chi connectivity index (χ1v) is 19.5. The van der Waals surface area contributed by atoms with E-state index in [9.17, 15) is 27.4 Å². The minimum atomic E-state index is -4.05. The van der Waals surface area contributed by atoms with Crippen molar-refractivity contribution < 1.29 is 16.8 Å². The molecule has 0 spiro atoms. The zero-order valence-corrected chi connectivity index (χ0v) is 29.1. The summed E-state index contributed by atoms with van der Waals surface area (Å²) in [5.74, 6) is 0. The molecule has 0 aliphatic carbocycles. The Bertz CT molecular complexity index is 2870. The lowest BCUT2D eigenvalue weighted by molar-refractivity contribution is 0.603. The first-order valence-electron chi connectivity index (χ1n) is 14.9. The number of allylic oxidation sites excluding steroid dienone is 4. The Morgan fingerprint density at radius 2 is 1.06 bits per heavy atom. The van der Waals surface area contributed by atoms with Crippen LogP contribution in [0.5, 0.6) is 0 Å². The molecule has 5 heterocycles. The molecule has 3 aromatic carbocycles. The Labute approximate surface area is 300 Å². The van der Waals surface area contributed by atoms with Crippen molar-refractivity contribution in [2.24, 2.45) is 0 Å². The number of thiophene rings is 2. The number of aromatic nitrogens is 1. The van der Waals surface area contributed by atoms with Gasteiger partial charge < -0.3 is 4.57 Å². The number of para-hydroxylation sites is 1. The topological polar surface area (TPSA) is 130 Å². The van der Waals surface area contributed by atoms with Crippen molar-refractivity contribution in [1.29, 1.82) is 10.5 Å². The van der Waals surface area contributed by atoms with Crippen LogP contribution in [-0.4, -0.2) is 21.4 Å². The highest BCUT2D eigenvalue weighted by Crippen LogP contribution is 2.49. The Balaban J connectivity index is 1.37. The summed E-state index contributed by atoms with van der Waals surface area (Å²) in [5, 5.41) is 19.5. The molecule has 0 saturated heterocycles. The van der Waals surface area contributed by atoms with Gasteiger partial charge in [-0.3, -0.25) is 0 Å². The molecule has 0 bridgehead atoms. The zero-order chi connectivity index (χ0) is 35.7. The molecule has 6 aromatic rings. The van der Waals surface area contributed by atoms with E-state index in [0.29, 0.717) is 20.9 Å². The zero-order valence-electron chi connectivity index (χ0n) is 25.8. The molecule has 0 saturated carbocycles. The van der Waals surface area contributed by atoms with Gasteiger partial charge in [0.25, 0.3) is 11.4 Å². The van der Waals surface area contributed by atoms with Crippen LogP contribution in [0.1, 0.15) is 20.9 Å². The maximum atomic E-state index is 13.8. The van der Waals surface area contributed by atoms with Gasteiger partial charge >= 0.3 is 0 Å². The van der Waals surface area contributed by atoms with Gasteiger partial charge in [-0.25, -0.2) is 37.0 Å². The minimum absolute atomic E-state index is 0.0334. The van der Waals surface area contributed by atoms with Crippen LogP contribution < -0.4 is 0 Å². The van der Waals surface area contributed by atoms with Crippen LogP contribution in [0.2, 0.25) is 0 Å². The summed E-state index contributed by atoms with van der Waals surface area (Å²) in [4.78, 5) is 7.65. The SMILES string of the molecule is [C-]#[N+]/C(C#N)=C1\C(=C\c2cc3c(s2)c2sc(/C=C4/C(=C(\C#N)[N+]#[C-])c5ccccc5S4(=O)=O)cc2n3-c2ccccc2)S(=O)(=O)c2ccccc21. The minimum Gasteiger partial charge on any atom is -0.307 e. The molecule has 9 nitrogen and oxygen atoms in total. The van der Waals surface area contributed by atoms with Gasteiger partial charge in [0.15, 0.2) is 0 Å². The van der Waals surface area contributed by atoms with Crippen molar-refractivity contribution >= 4 is 86.1 Å². The molecular weight excluding hydrogens is 719 g/mol. The molecule has 0 fully saturated rings. The number of hydrogen-bond donors (Lipinski definition) is 0. The number of fused-ring (bicyclic) bond motifs is 5. The number of rotatable bonds is 3. The Hall–Kier alpha value is -6.32. The molecule has 8 rings (SSSR count). The second kappa shape index (κ2) is 11.6.